The number of nitrogens with zero attached hydrogens (tertiary/aromatic N) is 4. The summed E-state index contributed by atoms with van der Waals surface area (Å²) in [6.45, 7) is 0. The van der Waals surface area contributed by atoms with Gasteiger partial charge in [-0.15, -0.1) is 0 Å². The van der Waals surface area contributed by atoms with Crippen molar-refractivity contribution < 1.29 is 0 Å². The SMILES string of the molecule is c1ccc2c(c1)-c1nccc3cc(-c4ccc(-n5c6ccccc6c6c7cccc8c9cccc%10c%11ccccc%11n(c(cc65)c87)c9%10)cc4)nc-2c13. The first-order valence-corrected chi connectivity index (χ1v) is 17.8. The zero-order valence-electron chi connectivity index (χ0n) is 27.8. The molecule has 5 aromatic heterocycles. The van der Waals surface area contributed by atoms with Crippen LogP contribution in [0.3, 0.4) is 0 Å². The summed E-state index contributed by atoms with van der Waals surface area (Å²) in [5.74, 6) is 0. The first-order chi connectivity index (χ1) is 25.8. The van der Waals surface area contributed by atoms with Gasteiger partial charge >= 0.3 is 0 Å². The molecule has 1 aliphatic carbocycles. The summed E-state index contributed by atoms with van der Waals surface area (Å²) in [4.78, 5) is 9.99. The van der Waals surface area contributed by atoms with E-state index in [0.717, 1.165) is 44.8 Å². The molecule has 4 heteroatoms. The summed E-state index contributed by atoms with van der Waals surface area (Å²) in [5.41, 5.74) is 13.7. The summed E-state index contributed by atoms with van der Waals surface area (Å²) in [6, 6.07) is 55.5. The van der Waals surface area contributed by atoms with Crippen molar-refractivity contribution in [3.05, 3.63) is 158 Å². The van der Waals surface area contributed by atoms with Crippen LogP contribution < -0.4 is 0 Å². The Hall–Kier alpha value is -7.04. The lowest BCUT2D eigenvalue weighted by molar-refractivity contribution is 1.18. The molecule has 12 aromatic rings. The predicted octanol–water partition coefficient (Wildman–Crippen LogP) is 12.3. The first kappa shape index (κ1) is 26.8. The van der Waals surface area contributed by atoms with Crippen molar-refractivity contribution in [1.29, 1.82) is 0 Å². The van der Waals surface area contributed by atoms with Crippen molar-refractivity contribution >= 4 is 81.4 Å². The molecule has 238 valence electrons. The molecule has 4 nitrogen and oxygen atoms in total. The Labute approximate surface area is 296 Å². The van der Waals surface area contributed by atoms with Crippen molar-refractivity contribution in [2.24, 2.45) is 0 Å². The van der Waals surface area contributed by atoms with E-state index in [1.807, 2.05) is 6.20 Å². The van der Waals surface area contributed by atoms with Gasteiger partial charge < -0.3 is 8.97 Å². The smallest absolute Gasteiger partial charge is 0.0816 e. The summed E-state index contributed by atoms with van der Waals surface area (Å²) < 4.78 is 4.95. The molecule has 0 amide bonds. The number of rotatable bonds is 2. The van der Waals surface area contributed by atoms with Crippen molar-refractivity contribution in [1.82, 2.24) is 18.9 Å². The van der Waals surface area contributed by atoms with E-state index in [0.29, 0.717) is 0 Å². The molecule has 0 radical (unpaired) electrons. The topological polar surface area (TPSA) is 35.1 Å². The molecular weight excluding hydrogens is 633 g/mol. The fourth-order valence-electron chi connectivity index (χ4n) is 9.51. The number of hydrogen-bond acceptors (Lipinski definition) is 2. The molecule has 0 bridgehead atoms. The summed E-state index contributed by atoms with van der Waals surface area (Å²) >= 11 is 0. The molecule has 13 rings (SSSR count). The third kappa shape index (κ3) is 3.19. The van der Waals surface area contributed by atoms with Crippen LogP contribution in [0.2, 0.25) is 0 Å². The van der Waals surface area contributed by atoms with Crippen LogP contribution in [0.5, 0.6) is 0 Å². The lowest BCUT2D eigenvalue weighted by Gasteiger charge is -2.15. The van der Waals surface area contributed by atoms with Crippen LogP contribution >= 0.6 is 0 Å². The van der Waals surface area contributed by atoms with E-state index in [4.69, 9.17) is 9.97 Å². The molecule has 0 fully saturated rings. The van der Waals surface area contributed by atoms with Crippen molar-refractivity contribution in [2.45, 2.75) is 0 Å². The number of hydrogen-bond donors (Lipinski definition) is 0. The standard InChI is InChI=1S/C48H26N4/c1-2-11-33-32(10-1)46-43-28(23-24-49-46)25-38(50-47(33)43)27-19-21-29(22-20-27)51-40-18-6-4-12-36(40)45-37-16-7-13-31-35-15-8-14-34-30-9-3-5-17-39(30)52(48(34)35)42(44(31)37)26-41(45)51/h1-26H. The summed E-state index contributed by atoms with van der Waals surface area (Å²) in [7, 11) is 0. The second kappa shape index (κ2) is 9.39. The number of pyridine rings is 3. The Balaban J connectivity index is 1.09. The highest BCUT2D eigenvalue weighted by molar-refractivity contribution is 6.33. The Morgan fingerprint density at radius 3 is 1.92 bits per heavy atom. The molecule has 0 spiro atoms. The average molecular weight is 659 g/mol. The number of fused-ring (bicyclic) bond motifs is 12. The highest BCUT2D eigenvalue weighted by Crippen LogP contribution is 2.47. The lowest BCUT2D eigenvalue weighted by atomic mass is 9.96. The van der Waals surface area contributed by atoms with Crippen LogP contribution in [0.15, 0.2) is 158 Å². The molecule has 7 aromatic carbocycles. The van der Waals surface area contributed by atoms with Crippen LogP contribution in [-0.4, -0.2) is 18.9 Å². The van der Waals surface area contributed by atoms with Gasteiger partial charge in [0, 0.05) is 66.3 Å². The third-order valence-corrected chi connectivity index (χ3v) is 11.6. The van der Waals surface area contributed by atoms with E-state index in [2.05, 4.69) is 161 Å². The molecule has 0 atom stereocenters. The van der Waals surface area contributed by atoms with Crippen LogP contribution in [0.1, 0.15) is 0 Å². The maximum absolute atomic E-state index is 5.25. The van der Waals surface area contributed by atoms with Gasteiger partial charge in [-0.25, -0.2) is 4.98 Å². The van der Waals surface area contributed by atoms with Crippen molar-refractivity contribution in [2.75, 3.05) is 0 Å². The van der Waals surface area contributed by atoms with E-state index in [-0.39, 0.29) is 0 Å². The minimum absolute atomic E-state index is 0.968. The zero-order chi connectivity index (χ0) is 33.7. The van der Waals surface area contributed by atoms with Gasteiger partial charge in [0.05, 0.1) is 44.7 Å². The molecular formula is C48H26N4. The normalized spacial score (nSPS) is 12.6. The largest absolute Gasteiger partial charge is 0.309 e. The van der Waals surface area contributed by atoms with Gasteiger partial charge in [-0.3, -0.25) is 4.98 Å². The van der Waals surface area contributed by atoms with Gasteiger partial charge in [0.15, 0.2) is 0 Å². The van der Waals surface area contributed by atoms with Gasteiger partial charge in [-0.05, 0) is 58.6 Å². The van der Waals surface area contributed by atoms with Crippen LogP contribution in [0.25, 0.3) is 121 Å². The second-order valence-electron chi connectivity index (χ2n) is 14.1. The molecule has 5 heterocycles. The van der Waals surface area contributed by atoms with Gasteiger partial charge in [-0.1, -0.05) is 109 Å². The van der Waals surface area contributed by atoms with Crippen molar-refractivity contribution in [3.8, 4) is 39.5 Å². The molecule has 0 N–H and O–H groups in total. The fourth-order valence-corrected chi connectivity index (χ4v) is 9.51. The van der Waals surface area contributed by atoms with Crippen LogP contribution in [0.4, 0.5) is 0 Å². The van der Waals surface area contributed by atoms with Crippen molar-refractivity contribution in [3.63, 3.8) is 0 Å². The quantitative estimate of drug-likeness (QED) is 0.137. The first-order valence-electron chi connectivity index (χ1n) is 17.8. The molecule has 1 aliphatic rings. The minimum atomic E-state index is 0.968. The second-order valence-corrected chi connectivity index (χ2v) is 14.1. The van der Waals surface area contributed by atoms with E-state index < -0.39 is 0 Å². The van der Waals surface area contributed by atoms with E-state index >= 15 is 0 Å². The van der Waals surface area contributed by atoms with Crippen LogP contribution in [0, 0.1) is 0 Å². The Morgan fingerprint density at radius 2 is 1.08 bits per heavy atom. The number of para-hydroxylation sites is 3. The van der Waals surface area contributed by atoms with E-state index in [1.54, 1.807) is 0 Å². The highest BCUT2D eigenvalue weighted by Gasteiger charge is 2.25. The monoisotopic (exact) mass is 658 g/mol. The van der Waals surface area contributed by atoms with Gasteiger partial charge in [0.2, 0.25) is 0 Å². The maximum atomic E-state index is 5.25. The fraction of sp³-hybridized carbons (Fsp3) is 0. The highest BCUT2D eigenvalue weighted by atomic mass is 15.0. The minimum Gasteiger partial charge on any atom is -0.309 e. The Bertz CT molecular complexity index is 3510. The lowest BCUT2D eigenvalue weighted by Crippen LogP contribution is -1.97. The molecule has 0 unspecified atom stereocenters. The van der Waals surface area contributed by atoms with Gasteiger partial charge in [-0.2, -0.15) is 0 Å². The molecule has 0 aliphatic heterocycles. The maximum Gasteiger partial charge on any atom is 0.0816 e. The zero-order valence-corrected chi connectivity index (χ0v) is 27.8. The van der Waals surface area contributed by atoms with E-state index in [1.165, 1.54) is 76.1 Å². The molecule has 0 saturated heterocycles. The average Bonchev–Trinajstić information content (AvgIpc) is 3.84. The third-order valence-electron chi connectivity index (χ3n) is 11.6. The number of aromatic nitrogens is 4. The van der Waals surface area contributed by atoms with Gasteiger partial charge in [0.25, 0.3) is 0 Å². The summed E-state index contributed by atoms with van der Waals surface area (Å²) in [6.07, 6.45) is 1.92. The summed E-state index contributed by atoms with van der Waals surface area (Å²) in [5, 5.41) is 12.6. The number of benzene rings is 7. The molecule has 52 heavy (non-hydrogen) atoms. The van der Waals surface area contributed by atoms with Gasteiger partial charge in [0.1, 0.15) is 0 Å². The van der Waals surface area contributed by atoms with E-state index in [9.17, 15) is 0 Å². The Morgan fingerprint density at radius 1 is 0.423 bits per heavy atom. The Kier molecular flexibility index (Phi) is 4.83. The predicted molar refractivity (Wildman–Crippen MR) is 216 cm³/mol. The van der Waals surface area contributed by atoms with Crippen LogP contribution in [-0.2, 0) is 0 Å². The molecule has 0 saturated carbocycles.